The molecule has 1 N–H and O–H groups in total. The van der Waals surface area contributed by atoms with Crippen molar-refractivity contribution >= 4 is 23.7 Å². The molecule has 0 bridgehead atoms. The zero-order valence-electron chi connectivity index (χ0n) is 15.1. The minimum absolute atomic E-state index is 0. The van der Waals surface area contributed by atoms with Gasteiger partial charge in [0, 0.05) is 36.9 Å². The van der Waals surface area contributed by atoms with Crippen molar-refractivity contribution in [2.24, 2.45) is 0 Å². The van der Waals surface area contributed by atoms with E-state index in [-0.39, 0.29) is 12.4 Å². The van der Waals surface area contributed by atoms with Crippen molar-refractivity contribution in [2.75, 3.05) is 19.6 Å². The monoisotopic (exact) mass is 401 g/mol. The van der Waals surface area contributed by atoms with Gasteiger partial charge in [-0.3, -0.25) is 4.90 Å². The molecule has 1 unspecified atom stereocenters. The standard InChI is InChI=1S/C20H23N5S.ClH/c1-2-7-16(8-3-1)18(25-11-4-5-12-25)14-21-13-17-15-26-20(24-17)19-22-9-6-10-23-19;/h1-3,6-10,15,18,21H,4-5,11-14H2;1H. The van der Waals surface area contributed by atoms with Crippen LogP contribution < -0.4 is 5.32 Å². The Morgan fingerprint density at radius 3 is 2.52 bits per heavy atom. The molecular formula is C20H24ClN5S. The van der Waals surface area contributed by atoms with Gasteiger partial charge in [-0.05, 0) is 37.6 Å². The normalized spacial score (nSPS) is 15.4. The molecule has 4 rings (SSSR count). The smallest absolute Gasteiger partial charge is 0.188 e. The molecule has 1 atom stereocenters. The fraction of sp³-hybridized carbons (Fsp3) is 0.350. The Bertz CT molecular complexity index is 806. The first-order valence-corrected chi connectivity index (χ1v) is 9.99. The first-order chi connectivity index (χ1) is 12.9. The molecule has 1 fully saturated rings. The molecule has 2 aromatic heterocycles. The summed E-state index contributed by atoms with van der Waals surface area (Å²) in [5.41, 5.74) is 2.43. The Morgan fingerprint density at radius 1 is 1.04 bits per heavy atom. The quantitative estimate of drug-likeness (QED) is 0.649. The summed E-state index contributed by atoms with van der Waals surface area (Å²) >= 11 is 1.60. The summed E-state index contributed by atoms with van der Waals surface area (Å²) in [4.78, 5) is 15.8. The number of halogens is 1. The summed E-state index contributed by atoms with van der Waals surface area (Å²) in [6, 6.07) is 13.1. The molecular weight excluding hydrogens is 378 g/mol. The van der Waals surface area contributed by atoms with Crippen LogP contribution in [0.25, 0.3) is 10.8 Å². The largest absolute Gasteiger partial charge is 0.309 e. The second kappa shape index (κ2) is 9.90. The van der Waals surface area contributed by atoms with Crippen LogP contribution in [-0.2, 0) is 6.54 Å². The Labute approximate surface area is 170 Å². The van der Waals surface area contributed by atoms with E-state index in [1.54, 1.807) is 23.7 Å². The molecule has 1 aliphatic rings. The lowest BCUT2D eigenvalue weighted by atomic mass is 10.1. The van der Waals surface area contributed by atoms with Crippen molar-refractivity contribution in [1.82, 2.24) is 25.2 Å². The Morgan fingerprint density at radius 2 is 1.78 bits per heavy atom. The molecule has 27 heavy (non-hydrogen) atoms. The molecule has 5 nitrogen and oxygen atoms in total. The fourth-order valence-corrected chi connectivity index (χ4v) is 4.19. The SMILES string of the molecule is Cl.c1ccc(C(CNCc2csc(-c3ncccn3)n2)N2CCCC2)cc1. The maximum atomic E-state index is 4.67. The molecule has 1 aliphatic heterocycles. The van der Waals surface area contributed by atoms with Gasteiger partial charge in [0.15, 0.2) is 10.8 Å². The first-order valence-electron chi connectivity index (χ1n) is 9.11. The van der Waals surface area contributed by atoms with Crippen LogP contribution in [0.2, 0.25) is 0 Å². The van der Waals surface area contributed by atoms with E-state index in [1.807, 2.05) is 6.07 Å². The number of thiazole rings is 1. The maximum Gasteiger partial charge on any atom is 0.188 e. The van der Waals surface area contributed by atoms with Gasteiger partial charge in [0.05, 0.1) is 5.69 Å². The third-order valence-corrected chi connectivity index (χ3v) is 5.61. The zero-order valence-corrected chi connectivity index (χ0v) is 16.8. The van der Waals surface area contributed by atoms with Crippen LogP contribution in [0.4, 0.5) is 0 Å². The molecule has 1 aromatic carbocycles. The van der Waals surface area contributed by atoms with Crippen molar-refractivity contribution in [1.29, 1.82) is 0 Å². The van der Waals surface area contributed by atoms with Gasteiger partial charge in [-0.15, -0.1) is 23.7 Å². The highest BCUT2D eigenvalue weighted by Crippen LogP contribution is 2.25. The van der Waals surface area contributed by atoms with Crippen molar-refractivity contribution < 1.29 is 0 Å². The third kappa shape index (κ3) is 5.11. The number of hydrogen-bond acceptors (Lipinski definition) is 6. The Balaban J connectivity index is 0.00000210. The number of benzene rings is 1. The minimum atomic E-state index is 0. The van der Waals surface area contributed by atoms with Crippen molar-refractivity contribution in [3.63, 3.8) is 0 Å². The number of aromatic nitrogens is 3. The van der Waals surface area contributed by atoms with E-state index in [9.17, 15) is 0 Å². The lowest BCUT2D eigenvalue weighted by Gasteiger charge is -2.28. The molecule has 0 spiro atoms. The van der Waals surface area contributed by atoms with E-state index in [2.05, 4.69) is 60.9 Å². The summed E-state index contributed by atoms with van der Waals surface area (Å²) in [6.45, 7) is 4.07. The summed E-state index contributed by atoms with van der Waals surface area (Å²) in [6.07, 6.45) is 6.11. The average Bonchev–Trinajstić information content (AvgIpc) is 3.39. The van der Waals surface area contributed by atoms with E-state index in [4.69, 9.17) is 0 Å². The zero-order chi connectivity index (χ0) is 17.6. The van der Waals surface area contributed by atoms with Gasteiger partial charge < -0.3 is 5.32 Å². The van der Waals surface area contributed by atoms with Crippen LogP contribution >= 0.6 is 23.7 Å². The van der Waals surface area contributed by atoms with E-state index < -0.39 is 0 Å². The Hall–Kier alpha value is -1.86. The topological polar surface area (TPSA) is 53.9 Å². The van der Waals surface area contributed by atoms with Gasteiger partial charge in [-0.1, -0.05) is 30.3 Å². The van der Waals surface area contributed by atoms with Gasteiger partial charge in [0.1, 0.15) is 0 Å². The summed E-state index contributed by atoms with van der Waals surface area (Å²) in [7, 11) is 0. The average molecular weight is 402 g/mol. The second-order valence-corrected chi connectivity index (χ2v) is 7.37. The molecule has 3 heterocycles. The highest BCUT2D eigenvalue weighted by Gasteiger charge is 2.23. The van der Waals surface area contributed by atoms with Crippen LogP contribution in [0.1, 0.15) is 30.1 Å². The maximum absolute atomic E-state index is 4.67. The van der Waals surface area contributed by atoms with Crippen LogP contribution in [0, 0.1) is 0 Å². The number of nitrogens with one attached hydrogen (secondary N) is 1. The van der Waals surface area contributed by atoms with Crippen LogP contribution in [0.15, 0.2) is 54.2 Å². The lowest BCUT2D eigenvalue weighted by Crippen LogP contribution is -2.34. The number of nitrogens with zero attached hydrogens (tertiary/aromatic N) is 4. The Kier molecular flexibility index (Phi) is 7.29. The summed E-state index contributed by atoms with van der Waals surface area (Å²) in [5, 5.41) is 6.57. The number of likely N-dealkylation sites (tertiary alicyclic amines) is 1. The van der Waals surface area contributed by atoms with E-state index in [1.165, 1.54) is 31.5 Å². The molecule has 0 aliphatic carbocycles. The minimum Gasteiger partial charge on any atom is -0.309 e. The molecule has 142 valence electrons. The van der Waals surface area contributed by atoms with Crippen molar-refractivity contribution in [3.8, 4) is 10.8 Å². The van der Waals surface area contributed by atoms with Crippen LogP contribution in [0.3, 0.4) is 0 Å². The number of rotatable bonds is 7. The molecule has 7 heteroatoms. The number of hydrogen-bond donors (Lipinski definition) is 1. The molecule has 0 amide bonds. The molecule has 0 saturated carbocycles. The van der Waals surface area contributed by atoms with Crippen molar-refractivity contribution in [2.45, 2.75) is 25.4 Å². The van der Waals surface area contributed by atoms with E-state index in [0.29, 0.717) is 11.9 Å². The van der Waals surface area contributed by atoms with Crippen molar-refractivity contribution in [3.05, 3.63) is 65.4 Å². The van der Waals surface area contributed by atoms with Crippen LogP contribution in [-0.4, -0.2) is 39.5 Å². The molecule has 3 aromatic rings. The van der Waals surface area contributed by atoms with Gasteiger partial charge in [-0.25, -0.2) is 15.0 Å². The van der Waals surface area contributed by atoms with Crippen LogP contribution in [0.5, 0.6) is 0 Å². The third-order valence-electron chi connectivity index (χ3n) is 4.72. The summed E-state index contributed by atoms with van der Waals surface area (Å²) < 4.78 is 0. The fourth-order valence-electron chi connectivity index (χ4n) is 3.42. The molecule has 1 saturated heterocycles. The highest BCUT2D eigenvalue weighted by atomic mass is 35.5. The summed E-state index contributed by atoms with van der Waals surface area (Å²) in [5.74, 6) is 0.697. The lowest BCUT2D eigenvalue weighted by molar-refractivity contribution is 0.238. The van der Waals surface area contributed by atoms with Gasteiger partial charge in [-0.2, -0.15) is 0 Å². The van der Waals surface area contributed by atoms with Gasteiger partial charge in [0.25, 0.3) is 0 Å². The first kappa shape index (κ1) is 19.9. The second-order valence-electron chi connectivity index (χ2n) is 6.52. The van der Waals surface area contributed by atoms with E-state index >= 15 is 0 Å². The van der Waals surface area contributed by atoms with Gasteiger partial charge >= 0.3 is 0 Å². The van der Waals surface area contributed by atoms with E-state index in [0.717, 1.165) is 23.8 Å². The predicted molar refractivity (Wildman–Crippen MR) is 112 cm³/mol. The predicted octanol–water partition coefficient (Wildman–Crippen LogP) is 3.95. The highest BCUT2D eigenvalue weighted by molar-refractivity contribution is 7.13. The molecule has 0 radical (unpaired) electrons. The van der Waals surface area contributed by atoms with Gasteiger partial charge in [0.2, 0.25) is 0 Å².